The minimum absolute atomic E-state index is 0.151. The summed E-state index contributed by atoms with van der Waals surface area (Å²) in [6, 6.07) is 10.3. The number of hydrogen-bond donors (Lipinski definition) is 1. The van der Waals surface area contributed by atoms with E-state index >= 15 is 0 Å². The fourth-order valence-electron chi connectivity index (χ4n) is 5.12. The molecule has 2 N–H and O–H groups in total. The maximum Gasteiger partial charge on any atom is 0.319 e. The van der Waals surface area contributed by atoms with Crippen LogP contribution in [-0.2, 0) is 11.2 Å². The van der Waals surface area contributed by atoms with E-state index in [1.54, 1.807) is 17.3 Å². The van der Waals surface area contributed by atoms with Crippen LogP contribution < -0.4 is 15.5 Å². The van der Waals surface area contributed by atoms with Crippen LogP contribution in [0.4, 0.5) is 16.4 Å². The Morgan fingerprint density at radius 2 is 1.76 bits per heavy atom. The van der Waals surface area contributed by atoms with Gasteiger partial charge >= 0.3 is 6.03 Å². The van der Waals surface area contributed by atoms with Crippen LogP contribution in [0.15, 0.2) is 42.7 Å². The van der Waals surface area contributed by atoms with Crippen molar-refractivity contribution in [3.8, 4) is 0 Å². The van der Waals surface area contributed by atoms with Crippen molar-refractivity contribution >= 4 is 17.7 Å². The highest BCUT2D eigenvalue weighted by Crippen LogP contribution is 2.38. The number of urea groups is 1. The van der Waals surface area contributed by atoms with Crippen LogP contribution in [0.3, 0.4) is 0 Å². The minimum atomic E-state index is -0.452. The summed E-state index contributed by atoms with van der Waals surface area (Å²) < 4.78 is 5.39. The van der Waals surface area contributed by atoms with E-state index < -0.39 is 6.03 Å². The second-order valence-electron chi connectivity index (χ2n) is 9.51. The van der Waals surface area contributed by atoms with Crippen LogP contribution in [0.5, 0.6) is 0 Å². The predicted molar refractivity (Wildman–Crippen MR) is 131 cm³/mol. The van der Waals surface area contributed by atoms with Crippen molar-refractivity contribution < 1.29 is 9.53 Å². The Bertz CT molecular complexity index is 891. The van der Waals surface area contributed by atoms with E-state index in [1.807, 2.05) is 0 Å². The van der Waals surface area contributed by atoms with Gasteiger partial charge in [-0.3, -0.25) is 4.90 Å². The molecule has 178 valence electrons. The van der Waals surface area contributed by atoms with Gasteiger partial charge in [-0.1, -0.05) is 30.3 Å². The second kappa shape index (κ2) is 10.5. The third kappa shape index (κ3) is 5.62. The Morgan fingerprint density at radius 1 is 1.12 bits per heavy atom. The van der Waals surface area contributed by atoms with Gasteiger partial charge in [0.15, 0.2) is 0 Å². The summed E-state index contributed by atoms with van der Waals surface area (Å²) in [4.78, 5) is 27.4. The van der Waals surface area contributed by atoms with E-state index in [2.05, 4.69) is 64.2 Å². The maximum atomic E-state index is 12.3. The molecule has 2 heterocycles. The number of likely N-dealkylation sites (N-methyl/N-ethyl adjacent to an activating group) is 1. The molecule has 2 aromatic rings. The van der Waals surface area contributed by atoms with Crippen molar-refractivity contribution in [2.75, 3.05) is 56.7 Å². The smallest absolute Gasteiger partial charge is 0.319 e. The molecular weight excluding hydrogens is 416 g/mol. The van der Waals surface area contributed by atoms with Gasteiger partial charge in [-0.25, -0.2) is 14.8 Å². The molecule has 0 spiro atoms. The van der Waals surface area contributed by atoms with Gasteiger partial charge in [0.1, 0.15) is 0 Å². The molecule has 2 amide bonds. The number of anilines is 2. The number of hydrogen-bond acceptors (Lipinski definition) is 6. The number of aromatic nitrogens is 2. The Hall–Kier alpha value is -2.71. The number of carbonyl (C=O) groups is 1. The molecule has 1 aromatic heterocycles. The lowest BCUT2D eigenvalue weighted by molar-refractivity contribution is 0.0808. The van der Waals surface area contributed by atoms with E-state index in [1.165, 1.54) is 5.56 Å². The number of nitrogens with two attached hydrogens (primary N) is 1. The highest BCUT2D eigenvalue weighted by Gasteiger charge is 2.38. The SMILES string of the molecule is CN(C)C1(Cc2ccccc2)CCC(CN(C(N)=O)c2cnc(N3CCOCC3)nc2)CC1. The number of carbonyl (C=O) groups excluding carboxylic acids is 1. The number of amides is 2. The first kappa shape index (κ1) is 23.4. The average molecular weight is 453 g/mol. The van der Waals surface area contributed by atoms with E-state index in [0.717, 1.165) is 45.2 Å². The lowest BCUT2D eigenvalue weighted by Gasteiger charge is -2.46. The van der Waals surface area contributed by atoms with E-state index in [-0.39, 0.29) is 5.54 Å². The molecule has 1 aromatic carbocycles. The lowest BCUT2D eigenvalue weighted by atomic mass is 9.72. The Labute approximate surface area is 196 Å². The van der Waals surface area contributed by atoms with Gasteiger partial charge in [-0.2, -0.15) is 0 Å². The third-order valence-electron chi connectivity index (χ3n) is 7.30. The molecule has 2 fully saturated rings. The quantitative estimate of drug-likeness (QED) is 0.695. The average Bonchev–Trinajstić information content (AvgIpc) is 2.84. The first-order valence-corrected chi connectivity index (χ1v) is 11.9. The topological polar surface area (TPSA) is 87.8 Å². The predicted octanol–water partition coefficient (Wildman–Crippen LogP) is 2.93. The van der Waals surface area contributed by atoms with Gasteiger partial charge < -0.3 is 20.3 Å². The van der Waals surface area contributed by atoms with Crippen LogP contribution in [0.2, 0.25) is 0 Å². The number of nitrogens with zero attached hydrogens (tertiary/aromatic N) is 5. The van der Waals surface area contributed by atoms with Crippen LogP contribution in [0.1, 0.15) is 31.2 Å². The van der Waals surface area contributed by atoms with E-state index in [9.17, 15) is 4.79 Å². The van der Waals surface area contributed by atoms with Crippen LogP contribution in [0, 0.1) is 5.92 Å². The summed E-state index contributed by atoms with van der Waals surface area (Å²) in [5.41, 5.74) is 7.95. The van der Waals surface area contributed by atoms with E-state index in [0.29, 0.717) is 37.3 Å². The molecule has 1 saturated heterocycles. The van der Waals surface area contributed by atoms with Crippen molar-refractivity contribution in [1.29, 1.82) is 0 Å². The van der Waals surface area contributed by atoms with Gasteiger partial charge in [-0.05, 0) is 57.7 Å². The number of benzene rings is 1. The molecule has 2 aliphatic rings. The number of ether oxygens (including phenoxy) is 1. The van der Waals surface area contributed by atoms with Crippen LogP contribution >= 0.6 is 0 Å². The summed E-state index contributed by atoms with van der Waals surface area (Å²) in [6.45, 7) is 3.51. The molecule has 8 heteroatoms. The Morgan fingerprint density at radius 3 is 2.33 bits per heavy atom. The molecule has 1 aliphatic heterocycles. The molecule has 0 radical (unpaired) electrons. The summed E-state index contributed by atoms with van der Waals surface area (Å²) >= 11 is 0. The largest absolute Gasteiger partial charge is 0.378 e. The zero-order valence-corrected chi connectivity index (χ0v) is 19.8. The fraction of sp³-hybridized carbons (Fsp3) is 0.560. The van der Waals surface area contributed by atoms with E-state index in [4.69, 9.17) is 10.5 Å². The first-order valence-electron chi connectivity index (χ1n) is 11.9. The van der Waals surface area contributed by atoms with Gasteiger partial charge in [0.05, 0.1) is 31.3 Å². The second-order valence-corrected chi connectivity index (χ2v) is 9.51. The molecule has 4 rings (SSSR count). The monoisotopic (exact) mass is 452 g/mol. The van der Waals surface area contributed by atoms with Crippen molar-refractivity contribution in [2.24, 2.45) is 11.7 Å². The molecule has 33 heavy (non-hydrogen) atoms. The molecular formula is C25H36N6O2. The Kier molecular flexibility index (Phi) is 7.45. The van der Waals surface area contributed by atoms with Crippen LogP contribution in [0.25, 0.3) is 0 Å². The van der Waals surface area contributed by atoms with Gasteiger partial charge in [0.2, 0.25) is 5.95 Å². The molecule has 8 nitrogen and oxygen atoms in total. The third-order valence-corrected chi connectivity index (χ3v) is 7.30. The summed E-state index contributed by atoms with van der Waals surface area (Å²) in [7, 11) is 4.37. The zero-order chi connectivity index (χ0) is 23.3. The number of rotatable bonds is 7. The van der Waals surface area contributed by atoms with Crippen LogP contribution in [-0.4, -0.2) is 73.4 Å². The van der Waals surface area contributed by atoms with Gasteiger partial charge in [-0.15, -0.1) is 0 Å². The molecule has 0 atom stereocenters. The number of morpholine rings is 1. The van der Waals surface area contributed by atoms with Crippen molar-refractivity contribution in [3.05, 3.63) is 48.3 Å². The van der Waals surface area contributed by atoms with Crippen molar-refractivity contribution in [2.45, 2.75) is 37.6 Å². The molecule has 1 saturated carbocycles. The normalized spacial score (nSPS) is 23.5. The first-order chi connectivity index (χ1) is 16.0. The zero-order valence-electron chi connectivity index (χ0n) is 19.8. The molecule has 0 bridgehead atoms. The maximum absolute atomic E-state index is 12.3. The summed E-state index contributed by atoms with van der Waals surface area (Å²) in [5, 5.41) is 0. The summed E-state index contributed by atoms with van der Waals surface area (Å²) in [6.07, 6.45) is 8.78. The highest BCUT2D eigenvalue weighted by molar-refractivity contribution is 5.90. The van der Waals surface area contributed by atoms with Crippen molar-refractivity contribution in [1.82, 2.24) is 14.9 Å². The standard InChI is InChI=1S/C25H36N6O2/c1-29(2)25(16-20-6-4-3-5-7-20)10-8-21(9-11-25)19-31(23(26)32)22-17-27-24(28-18-22)30-12-14-33-15-13-30/h3-7,17-18,21H,8-16,19H2,1-2H3,(H2,26,32). The van der Waals surface area contributed by atoms with Crippen molar-refractivity contribution in [3.63, 3.8) is 0 Å². The Balaban J connectivity index is 1.39. The minimum Gasteiger partial charge on any atom is -0.378 e. The molecule has 0 unspecified atom stereocenters. The van der Waals surface area contributed by atoms with Gasteiger partial charge in [0, 0.05) is 25.2 Å². The fourth-order valence-corrected chi connectivity index (χ4v) is 5.12. The molecule has 1 aliphatic carbocycles. The summed E-state index contributed by atoms with van der Waals surface area (Å²) in [5.74, 6) is 1.07. The lowest BCUT2D eigenvalue weighted by Crippen LogP contribution is -2.50. The number of primary amides is 1. The van der Waals surface area contributed by atoms with Gasteiger partial charge in [0.25, 0.3) is 0 Å². The highest BCUT2D eigenvalue weighted by atomic mass is 16.5.